The Bertz CT molecular complexity index is 900. The van der Waals surface area contributed by atoms with Crippen LogP contribution in [0.25, 0.3) is 0 Å². The van der Waals surface area contributed by atoms with Gasteiger partial charge in [-0.2, -0.15) is 0 Å². The van der Waals surface area contributed by atoms with Crippen LogP contribution in [0.15, 0.2) is 48.5 Å². The van der Waals surface area contributed by atoms with Gasteiger partial charge in [0.05, 0.1) is 11.9 Å². The van der Waals surface area contributed by atoms with Gasteiger partial charge < -0.3 is 14.8 Å². The van der Waals surface area contributed by atoms with Crippen LogP contribution in [0.5, 0.6) is 11.5 Å². The topological polar surface area (TPSA) is 84.9 Å². The first-order valence-corrected chi connectivity index (χ1v) is 10.5. The van der Waals surface area contributed by atoms with Gasteiger partial charge in [0, 0.05) is 25.6 Å². The molecule has 7 nitrogen and oxygen atoms in total. The van der Waals surface area contributed by atoms with Gasteiger partial charge in [-0.05, 0) is 17.7 Å². The molecule has 1 heterocycles. The molecule has 8 heteroatoms. The normalized spacial score (nSPS) is 13.1. The van der Waals surface area contributed by atoms with Crippen molar-refractivity contribution < 1.29 is 22.7 Å². The van der Waals surface area contributed by atoms with E-state index < -0.39 is 10.0 Å². The minimum Gasteiger partial charge on any atom is -0.486 e. The molecule has 1 N–H and O–H groups in total. The molecule has 1 aliphatic heterocycles. The SMILES string of the molecule is CS(=O)(=O)N(CCC(=O)NCc1ccccc1)c1ccc2c(c1)OCCO2. The Balaban J connectivity index is 1.64. The average Bonchev–Trinajstić information content (AvgIpc) is 2.66. The molecule has 0 atom stereocenters. The van der Waals surface area contributed by atoms with Crippen LogP contribution in [-0.4, -0.2) is 40.3 Å². The zero-order valence-corrected chi connectivity index (χ0v) is 15.9. The highest BCUT2D eigenvalue weighted by Crippen LogP contribution is 2.34. The fraction of sp³-hybridized carbons (Fsp3) is 0.316. The summed E-state index contributed by atoms with van der Waals surface area (Å²) in [5.74, 6) is 0.866. The standard InChI is InChI=1S/C19H22N2O5S/c1-27(23,24)21(16-7-8-17-18(13-16)26-12-11-25-17)10-9-19(22)20-14-15-5-3-2-4-6-15/h2-8,13H,9-12,14H2,1H3,(H,20,22). The van der Waals surface area contributed by atoms with Crippen LogP contribution in [0.4, 0.5) is 5.69 Å². The van der Waals surface area contributed by atoms with Crippen LogP contribution in [0.1, 0.15) is 12.0 Å². The van der Waals surface area contributed by atoms with Gasteiger partial charge in [0.25, 0.3) is 0 Å². The van der Waals surface area contributed by atoms with E-state index in [1.54, 1.807) is 18.2 Å². The van der Waals surface area contributed by atoms with Gasteiger partial charge in [-0.1, -0.05) is 30.3 Å². The predicted molar refractivity (Wildman–Crippen MR) is 103 cm³/mol. The van der Waals surface area contributed by atoms with Crippen LogP contribution in [-0.2, 0) is 21.4 Å². The Kier molecular flexibility index (Phi) is 5.85. The van der Waals surface area contributed by atoms with Crippen molar-refractivity contribution in [3.63, 3.8) is 0 Å². The summed E-state index contributed by atoms with van der Waals surface area (Å²) in [6, 6.07) is 14.5. The van der Waals surface area contributed by atoms with E-state index in [4.69, 9.17) is 9.47 Å². The van der Waals surface area contributed by atoms with Gasteiger partial charge in [0.2, 0.25) is 15.9 Å². The highest BCUT2D eigenvalue weighted by molar-refractivity contribution is 7.92. The number of hydrogen-bond donors (Lipinski definition) is 1. The van der Waals surface area contributed by atoms with Crippen LogP contribution in [0, 0.1) is 0 Å². The zero-order chi connectivity index (χ0) is 19.3. The molecule has 144 valence electrons. The Labute approximate surface area is 158 Å². The molecule has 0 saturated heterocycles. The highest BCUT2D eigenvalue weighted by atomic mass is 32.2. The maximum atomic E-state index is 12.2. The summed E-state index contributed by atoms with van der Waals surface area (Å²) < 4.78 is 36.6. The maximum absolute atomic E-state index is 12.2. The smallest absolute Gasteiger partial charge is 0.232 e. The molecule has 0 aliphatic carbocycles. The predicted octanol–water partition coefficient (Wildman–Crippen LogP) is 1.93. The Morgan fingerprint density at radius 3 is 2.48 bits per heavy atom. The molecule has 0 aromatic heterocycles. The largest absolute Gasteiger partial charge is 0.486 e. The van der Waals surface area contributed by atoms with Crippen LogP contribution in [0.2, 0.25) is 0 Å². The number of ether oxygens (including phenoxy) is 2. The Morgan fingerprint density at radius 2 is 1.78 bits per heavy atom. The van der Waals surface area contributed by atoms with Gasteiger partial charge in [-0.3, -0.25) is 9.10 Å². The number of hydrogen-bond acceptors (Lipinski definition) is 5. The van der Waals surface area contributed by atoms with E-state index in [2.05, 4.69) is 5.32 Å². The monoisotopic (exact) mass is 390 g/mol. The lowest BCUT2D eigenvalue weighted by Gasteiger charge is -2.25. The van der Waals surface area contributed by atoms with Gasteiger partial charge in [0.1, 0.15) is 13.2 Å². The van der Waals surface area contributed by atoms with Crippen LogP contribution >= 0.6 is 0 Å². The minimum absolute atomic E-state index is 0.0408. The van der Waals surface area contributed by atoms with Crippen molar-refractivity contribution in [3.05, 3.63) is 54.1 Å². The van der Waals surface area contributed by atoms with E-state index in [0.717, 1.165) is 11.8 Å². The molecule has 27 heavy (non-hydrogen) atoms. The molecule has 0 spiro atoms. The quantitative estimate of drug-likeness (QED) is 0.781. The number of amides is 1. The van der Waals surface area contributed by atoms with E-state index >= 15 is 0 Å². The lowest BCUT2D eigenvalue weighted by Crippen LogP contribution is -2.34. The lowest BCUT2D eigenvalue weighted by molar-refractivity contribution is -0.121. The van der Waals surface area contributed by atoms with E-state index in [1.165, 1.54) is 4.31 Å². The number of anilines is 1. The van der Waals surface area contributed by atoms with E-state index in [1.807, 2.05) is 30.3 Å². The van der Waals surface area contributed by atoms with Crippen molar-refractivity contribution in [2.45, 2.75) is 13.0 Å². The minimum atomic E-state index is -3.55. The zero-order valence-electron chi connectivity index (χ0n) is 15.1. The summed E-state index contributed by atoms with van der Waals surface area (Å²) in [5.41, 5.74) is 1.43. The summed E-state index contributed by atoms with van der Waals surface area (Å²) in [5, 5.41) is 2.80. The second kappa shape index (κ2) is 8.30. The summed E-state index contributed by atoms with van der Waals surface area (Å²) in [4.78, 5) is 12.1. The number of carbonyl (C=O) groups is 1. The molecule has 2 aromatic carbocycles. The first kappa shape index (κ1) is 19.0. The van der Waals surface area contributed by atoms with Crippen molar-refractivity contribution >= 4 is 21.6 Å². The van der Waals surface area contributed by atoms with Crippen molar-refractivity contribution in [3.8, 4) is 11.5 Å². The number of nitrogens with one attached hydrogen (secondary N) is 1. The third kappa shape index (κ3) is 5.13. The Hall–Kier alpha value is -2.74. The average molecular weight is 390 g/mol. The van der Waals surface area contributed by atoms with Gasteiger partial charge >= 0.3 is 0 Å². The van der Waals surface area contributed by atoms with Crippen molar-refractivity contribution in [2.24, 2.45) is 0 Å². The van der Waals surface area contributed by atoms with Crippen LogP contribution in [0.3, 0.4) is 0 Å². The lowest BCUT2D eigenvalue weighted by atomic mass is 10.2. The van der Waals surface area contributed by atoms with Gasteiger partial charge in [0.15, 0.2) is 11.5 Å². The molecule has 1 aliphatic rings. The molecule has 0 fully saturated rings. The molecular formula is C19H22N2O5S. The molecule has 0 saturated carbocycles. The van der Waals surface area contributed by atoms with Crippen LogP contribution < -0.4 is 19.1 Å². The van der Waals surface area contributed by atoms with Crippen molar-refractivity contribution in [1.29, 1.82) is 0 Å². The number of nitrogens with zero attached hydrogens (tertiary/aromatic N) is 1. The summed E-state index contributed by atoms with van der Waals surface area (Å²) in [6.07, 6.45) is 1.17. The van der Waals surface area contributed by atoms with Gasteiger partial charge in [-0.25, -0.2) is 8.42 Å². The number of benzene rings is 2. The summed E-state index contributed by atoms with van der Waals surface area (Å²) in [7, 11) is -3.55. The third-order valence-electron chi connectivity index (χ3n) is 4.09. The molecule has 3 rings (SSSR count). The first-order valence-electron chi connectivity index (χ1n) is 8.61. The molecule has 0 radical (unpaired) electrons. The second-order valence-corrected chi connectivity index (χ2v) is 8.08. The number of carbonyl (C=O) groups excluding carboxylic acids is 1. The molecule has 1 amide bonds. The van der Waals surface area contributed by atoms with E-state index in [-0.39, 0.29) is 18.9 Å². The van der Waals surface area contributed by atoms with Crippen molar-refractivity contribution in [1.82, 2.24) is 5.32 Å². The molecular weight excluding hydrogens is 368 g/mol. The van der Waals surface area contributed by atoms with E-state index in [9.17, 15) is 13.2 Å². The fourth-order valence-electron chi connectivity index (χ4n) is 2.76. The third-order valence-corrected chi connectivity index (χ3v) is 5.28. The van der Waals surface area contributed by atoms with Crippen molar-refractivity contribution in [2.75, 3.05) is 30.3 Å². The summed E-state index contributed by atoms with van der Waals surface area (Å²) >= 11 is 0. The Morgan fingerprint density at radius 1 is 1.07 bits per heavy atom. The maximum Gasteiger partial charge on any atom is 0.232 e. The number of fused-ring (bicyclic) bond motifs is 1. The highest BCUT2D eigenvalue weighted by Gasteiger charge is 2.21. The van der Waals surface area contributed by atoms with Gasteiger partial charge in [-0.15, -0.1) is 0 Å². The first-order chi connectivity index (χ1) is 12.9. The molecule has 2 aromatic rings. The number of sulfonamides is 1. The second-order valence-electron chi connectivity index (χ2n) is 6.18. The molecule has 0 unspecified atom stereocenters. The fourth-order valence-corrected chi connectivity index (χ4v) is 3.68. The van der Waals surface area contributed by atoms with E-state index in [0.29, 0.717) is 36.9 Å². The molecule has 0 bridgehead atoms. The summed E-state index contributed by atoms with van der Waals surface area (Å²) in [6.45, 7) is 1.32. The number of rotatable bonds is 7.